The molecule has 60 valence electrons. The van der Waals surface area contributed by atoms with Crippen LogP contribution in [-0.4, -0.2) is 13.1 Å². The molecule has 0 unspecified atom stereocenters. The Morgan fingerprint density at radius 3 is 2.60 bits per heavy atom. The van der Waals surface area contributed by atoms with Gasteiger partial charge in [0.05, 0.1) is 0 Å². The highest BCUT2D eigenvalue weighted by Crippen LogP contribution is 2.01. The predicted molar refractivity (Wildman–Crippen MR) is 47.2 cm³/mol. The lowest BCUT2D eigenvalue weighted by atomic mass is 10.1. The molecule has 0 aromatic heterocycles. The summed E-state index contributed by atoms with van der Waals surface area (Å²) in [6, 6.07) is 0. The fourth-order valence-corrected chi connectivity index (χ4v) is 0.854. The van der Waals surface area contributed by atoms with E-state index in [1.165, 1.54) is 24.8 Å². The molecule has 0 saturated carbocycles. The highest BCUT2D eigenvalue weighted by atomic mass is 14.8. The van der Waals surface area contributed by atoms with Crippen LogP contribution in [-0.2, 0) is 0 Å². The average Bonchev–Trinajstić information content (AvgIpc) is 1.87. The van der Waals surface area contributed by atoms with Gasteiger partial charge in [-0.2, -0.15) is 0 Å². The zero-order chi connectivity index (χ0) is 7.82. The van der Waals surface area contributed by atoms with Gasteiger partial charge in [-0.25, -0.2) is 0 Å². The quantitative estimate of drug-likeness (QED) is 0.442. The summed E-state index contributed by atoms with van der Waals surface area (Å²) in [4.78, 5) is 0. The summed E-state index contributed by atoms with van der Waals surface area (Å²) in [5, 5.41) is 3.29. The van der Waals surface area contributed by atoms with E-state index in [1.54, 1.807) is 0 Å². The van der Waals surface area contributed by atoms with Crippen molar-refractivity contribution < 1.29 is 0 Å². The molecule has 0 aliphatic rings. The maximum absolute atomic E-state index is 3.85. The molecule has 0 saturated heterocycles. The zero-order valence-corrected chi connectivity index (χ0v) is 7.24. The Hall–Kier alpha value is -0.300. The van der Waals surface area contributed by atoms with E-state index < -0.39 is 0 Å². The van der Waals surface area contributed by atoms with Gasteiger partial charge in [-0.15, -0.1) is 6.58 Å². The van der Waals surface area contributed by atoms with Crippen LogP contribution in [0.15, 0.2) is 12.2 Å². The number of rotatable bonds is 6. The van der Waals surface area contributed by atoms with E-state index in [0.717, 1.165) is 13.1 Å². The molecule has 0 aliphatic heterocycles. The SMILES string of the molecule is C=C(C)CCCCNCC. The Balaban J connectivity index is 2.84. The molecule has 0 aromatic rings. The molecule has 1 heteroatoms. The van der Waals surface area contributed by atoms with Crippen LogP contribution in [0.3, 0.4) is 0 Å². The molecule has 0 aromatic carbocycles. The van der Waals surface area contributed by atoms with Gasteiger partial charge in [-0.1, -0.05) is 12.5 Å². The third-order valence-corrected chi connectivity index (χ3v) is 1.46. The van der Waals surface area contributed by atoms with Crippen molar-refractivity contribution in [3.8, 4) is 0 Å². The standard InChI is InChI=1S/C9H19N/c1-4-10-8-6-5-7-9(2)3/h10H,2,4-8H2,1,3H3. The van der Waals surface area contributed by atoms with Crippen LogP contribution >= 0.6 is 0 Å². The van der Waals surface area contributed by atoms with E-state index in [0.29, 0.717) is 0 Å². The summed E-state index contributed by atoms with van der Waals surface area (Å²) in [5.41, 5.74) is 1.30. The monoisotopic (exact) mass is 141 g/mol. The number of allylic oxidation sites excluding steroid dienone is 1. The van der Waals surface area contributed by atoms with Crippen LogP contribution in [0.4, 0.5) is 0 Å². The van der Waals surface area contributed by atoms with Crippen LogP contribution < -0.4 is 5.32 Å². The van der Waals surface area contributed by atoms with Crippen LogP contribution in [0.2, 0.25) is 0 Å². The summed E-state index contributed by atoms with van der Waals surface area (Å²) in [5.74, 6) is 0. The Labute approximate surface area is 64.5 Å². The minimum atomic E-state index is 1.09. The largest absolute Gasteiger partial charge is 0.317 e. The second-order valence-electron chi connectivity index (χ2n) is 2.77. The summed E-state index contributed by atoms with van der Waals surface area (Å²) < 4.78 is 0. The first-order valence-corrected chi connectivity index (χ1v) is 4.12. The molecule has 1 nitrogen and oxygen atoms in total. The van der Waals surface area contributed by atoms with Crippen molar-refractivity contribution in [2.45, 2.75) is 33.1 Å². The minimum absolute atomic E-state index is 1.09. The Kier molecular flexibility index (Phi) is 6.61. The Morgan fingerprint density at radius 1 is 1.40 bits per heavy atom. The van der Waals surface area contributed by atoms with Crippen molar-refractivity contribution in [2.24, 2.45) is 0 Å². The van der Waals surface area contributed by atoms with Gasteiger partial charge in [0.15, 0.2) is 0 Å². The van der Waals surface area contributed by atoms with E-state index in [1.807, 2.05) is 0 Å². The summed E-state index contributed by atoms with van der Waals surface area (Å²) in [7, 11) is 0. The fourth-order valence-electron chi connectivity index (χ4n) is 0.854. The molecule has 0 spiro atoms. The molecule has 0 atom stereocenters. The summed E-state index contributed by atoms with van der Waals surface area (Å²) in [6.07, 6.45) is 3.74. The second-order valence-corrected chi connectivity index (χ2v) is 2.77. The van der Waals surface area contributed by atoms with Crippen LogP contribution in [0.1, 0.15) is 33.1 Å². The van der Waals surface area contributed by atoms with Crippen LogP contribution in [0, 0.1) is 0 Å². The van der Waals surface area contributed by atoms with Gasteiger partial charge < -0.3 is 5.32 Å². The number of hydrogen-bond donors (Lipinski definition) is 1. The molecule has 0 bridgehead atoms. The summed E-state index contributed by atoms with van der Waals surface area (Å²) in [6.45, 7) is 10.3. The molecule has 0 heterocycles. The van der Waals surface area contributed by atoms with Gasteiger partial charge in [0, 0.05) is 0 Å². The molecular weight excluding hydrogens is 122 g/mol. The second kappa shape index (κ2) is 6.81. The highest BCUT2D eigenvalue weighted by Gasteiger charge is 1.87. The van der Waals surface area contributed by atoms with E-state index in [2.05, 4.69) is 25.7 Å². The number of nitrogens with one attached hydrogen (secondary N) is 1. The predicted octanol–water partition coefficient (Wildman–Crippen LogP) is 2.34. The van der Waals surface area contributed by atoms with Gasteiger partial charge >= 0.3 is 0 Å². The smallest absolute Gasteiger partial charge is 0.00489 e. The van der Waals surface area contributed by atoms with Crippen molar-refractivity contribution in [3.05, 3.63) is 12.2 Å². The Morgan fingerprint density at radius 2 is 2.10 bits per heavy atom. The van der Waals surface area contributed by atoms with Gasteiger partial charge in [-0.3, -0.25) is 0 Å². The van der Waals surface area contributed by atoms with E-state index in [4.69, 9.17) is 0 Å². The van der Waals surface area contributed by atoms with Gasteiger partial charge in [0.25, 0.3) is 0 Å². The molecule has 0 aliphatic carbocycles. The lowest BCUT2D eigenvalue weighted by Crippen LogP contribution is -2.13. The summed E-state index contributed by atoms with van der Waals surface area (Å²) >= 11 is 0. The fraction of sp³-hybridized carbons (Fsp3) is 0.778. The van der Waals surface area contributed by atoms with Crippen molar-refractivity contribution in [3.63, 3.8) is 0 Å². The normalized spacial score (nSPS) is 9.80. The molecule has 0 radical (unpaired) electrons. The van der Waals surface area contributed by atoms with Gasteiger partial charge in [-0.05, 0) is 39.3 Å². The van der Waals surface area contributed by atoms with Crippen molar-refractivity contribution >= 4 is 0 Å². The lowest BCUT2D eigenvalue weighted by molar-refractivity contribution is 0.640. The van der Waals surface area contributed by atoms with E-state index >= 15 is 0 Å². The molecule has 0 rings (SSSR count). The van der Waals surface area contributed by atoms with Crippen LogP contribution in [0.25, 0.3) is 0 Å². The van der Waals surface area contributed by atoms with Crippen LogP contribution in [0.5, 0.6) is 0 Å². The average molecular weight is 141 g/mol. The van der Waals surface area contributed by atoms with Gasteiger partial charge in [0.1, 0.15) is 0 Å². The zero-order valence-electron chi connectivity index (χ0n) is 7.24. The van der Waals surface area contributed by atoms with Crippen molar-refractivity contribution in [1.29, 1.82) is 0 Å². The molecule has 0 amide bonds. The first-order chi connectivity index (χ1) is 4.77. The number of unbranched alkanes of at least 4 members (excludes halogenated alkanes) is 1. The van der Waals surface area contributed by atoms with Gasteiger partial charge in [0.2, 0.25) is 0 Å². The highest BCUT2D eigenvalue weighted by molar-refractivity contribution is 4.87. The lowest BCUT2D eigenvalue weighted by Gasteiger charge is -2.00. The topological polar surface area (TPSA) is 12.0 Å². The van der Waals surface area contributed by atoms with Crippen molar-refractivity contribution in [1.82, 2.24) is 5.32 Å². The molecular formula is C9H19N. The first-order valence-electron chi connectivity index (χ1n) is 4.12. The van der Waals surface area contributed by atoms with E-state index in [-0.39, 0.29) is 0 Å². The van der Waals surface area contributed by atoms with E-state index in [9.17, 15) is 0 Å². The first kappa shape index (κ1) is 9.70. The minimum Gasteiger partial charge on any atom is -0.317 e. The molecule has 0 fully saturated rings. The maximum atomic E-state index is 3.85. The number of hydrogen-bond acceptors (Lipinski definition) is 1. The molecule has 10 heavy (non-hydrogen) atoms. The third-order valence-electron chi connectivity index (χ3n) is 1.46. The third kappa shape index (κ3) is 7.70. The van der Waals surface area contributed by atoms with Crippen molar-refractivity contribution in [2.75, 3.05) is 13.1 Å². The Bertz CT molecular complexity index is 86.7. The molecule has 1 N–H and O–H groups in total. The maximum Gasteiger partial charge on any atom is -0.00489 e.